The van der Waals surface area contributed by atoms with Crippen LogP contribution in [0.25, 0.3) is 0 Å². The van der Waals surface area contributed by atoms with Crippen LogP contribution in [0.15, 0.2) is 23.1 Å². The molecule has 1 rings (SSSR count). The number of halogens is 1. The molecule has 0 atom stereocenters. The van der Waals surface area contributed by atoms with Crippen molar-refractivity contribution in [1.29, 1.82) is 0 Å². The van der Waals surface area contributed by atoms with E-state index in [1.54, 1.807) is 6.07 Å². The van der Waals surface area contributed by atoms with E-state index in [9.17, 15) is 9.18 Å². The predicted molar refractivity (Wildman–Crippen MR) is 75.7 cm³/mol. The third kappa shape index (κ3) is 5.61. The largest absolute Gasteiger partial charge is 0.468 e. The summed E-state index contributed by atoms with van der Waals surface area (Å²) < 4.78 is 18.4. The van der Waals surface area contributed by atoms with Crippen molar-refractivity contribution in [3.63, 3.8) is 0 Å². The van der Waals surface area contributed by atoms with Crippen molar-refractivity contribution in [1.82, 2.24) is 5.32 Å². The lowest BCUT2D eigenvalue weighted by atomic mass is 10.2. The lowest BCUT2D eigenvalue weighted by Gasteiger charge is -2.12. The zero-order chi connectivity index (χ0) is 14.3. The van der Waals surface area contributed by atoms with E-state index >= 15 is 0 Å². The molecule has 0 aliphatic carbocycles. The Labute approximate surface area is 117 Å². The summed E-state index contributed by atoms with van der Waals surface area (Å²) in [5, 5.41) is 3.27. The summed E-state index contributed by atoms with van der Waals surface area (Å²) in [4.78, 5) is 11.6. The molecule has 19 heavy (non-hydrogen) atoms. The van der Waals surface area contributed by atoms with E-state index in [2.05, 4.69) is 23.9 Å². The molecule has 3 nitrogen and oxygen atoms in total. The number of hydrogen-bond donors (Lipinski definition) is 1. The molecule has 0 fully saturated rings. The molecule has 5 heteroatoms. The van der Waals surface area contributed by atoms with Gasteiger partial charge in [0.25, 0.3) is 0 Å². The summed E-state index contributed by atoms with van der Waals surface area (Å²) in [6.45, 7) is 5.70. The van der Waals surface area contributed by atoms with Gasteiger partial charge in [0.05, 0.1) is 12.9 Å². The van der Waals surface area contributed by atoms with Crippen molar-refractivity contribution in [2.45, 2.75) is 25.3 Å². The topological polar surface area (TPSA) is 38.3 Å². The second-order valence-corrected chi connectivity index (χ2v) is 5.60. The molecule has 0 aromatic heterocycles. The van der Waals surface area contributed by atoms with Crippen LogP contribution < -0.4 is 5.32 Å². The quantitative estimate of drug-likeness (QED) is 0.617. The van der Waals surface area contributed by atoms with Gasteiger partial charge in [-0.05, 0) is 24.1 Å². The van der Waals surface area contributed by atoms with Crippen molar-refractivity contribution in [3.8, 4) is 0 Å². The van der Waals surface area contributed by atoms with E-state index < -0.39 is 0 Å². The summed E-state index contributed by atoms with van der Waals surface area (Å²) in [5.41, 5.74) is 0.870. The predicted octanol–water partition coefficient (Wildman–Crippen LogP) is 2.84. The third-order valence-electron chi connectivity index (χ3n) is 2.48. The van der Waals surface area contributed by atoms with E-state index in [1.807, 2.05) is 6.07 Å². The van der Waals surface area contributed by atoms with Crippen LogP contribution in [-0.2, 0) is 16.1 Å². The molecule has 0 radical (unpaired) electrons. The maximum absolute atomic E-state index is 13.8. The van der Waals surface area contributed by atoms with Gasteiger partial charge in [0.15, 0.2) is 0 Å². The Bertz CT molecular complexity index is 424. The van der Waals surface area contributed by atoms with Gasteiger partial charge < -0.3 is 10.1 Å². The average Bonchev–Trinajstić information content (AvgIpc) is 2.37. The number of methoxy groups -OCH3 is 1. The molecular weight excluding hydrogens is 265 g/mol. The van der Waals surface area contributed by atoms with Crippen molar-refractivity contribution in [2.75, 3.05) is 19.4 Å². The van der Waals surface area contributed by atoms with Crippen LogP contribution in [-0.4, -0.2) is 25.4 Å². The molecule has 0 aliphatic rings. The summed E-state index contributed by atoms with van der Waals surface area (Å²) in [6, 6.07) is 4.96. The Morgan fingerprint density at radius 3 is 2.84 bits per heavy atom. The molecule has 0 aliphatic heterocycles. The third-order valence-corrected chi connectivity index (χ3v) is 3.60. The number of carbonyl (C=O) groups excluding carboxylic acids is 1. The maximum atomic E-state index is 13.8. The molecule has 1 aromatic rings. The van der Waals surface area contributed by atoms with Gasteiger partial charge in [-0.25, -0.2) is 4.39 Å². The summed E-state index contributed by atoms with van der Waals surface area (Å²) in [6.07, 6.45) is 0. The minimum absolute atomic E-state index is 0.120. The second kappa shape index (κ2) is 8.17. The van der Waals surface area contributed by atoms with Gasteiger partial charge >= 0.3 is 5.97 Å². The van der Waals surface area contributed by atoms with E-state index in [1.165, 1.54) is 24.9 Å². The van der Waals surface area contributed by atoms with Crippen LogP contribution in [0.1, 0.15) is 19.4 Å². The highest BCUT2D eigenvalue weighted by atomic mass is 32.2. The van der Waals surface area contributed by atoms with Gasteiger partial charge in [-0.15, -0.1) is 11.8 Å². The highest BCUT2D eigenvalue weighted by Gasteiger charge is 2.11. The van der Waals surface area contributed by atoms with E-state index in [4.69, 9.17) is 0 Å². The molecule has 1 N–H and O–H groups in total. The standard InChI is InChI=1S/C14H20FNO2S/c1-10(2)7-16-8-11-5-4-6-12(15)14(11)19-9-13(17)18-3/h4-6,10,16H,7-9H2,1-3H3. The summed E-state index contributed by atoms with van der Waals surface area (Å²) >= 11 is 1.18. The van der Waals surface area contributed by atoms with Gasteiger partial charge in [-0.2, -0.15) is 0 Å². The molecule has 0 spiro atoms. The lowest BCUT2D eigenvalue weighted by Crippen LogP contribution is -2.19. The van der Waals surface area contributed by atoms with Crippen molar-refractivity contribution >= 4 is 17.7 Å². The first-order valence-electron chi connectivity index (χ1n) is 6.22. The number of thioether (sulfide) groups is 1. The van der Waals surface area contributed by atoms with Crippen molar-refractivity contribution in [2.24, 2.45) is 5.92 Å². The highest BCUT2D eigenvalue weighted by Crippen LogP contribution is 2.26. The zero-order valence-corrected chi connectivity index (χ0v) is 12.3. The van der Waals surface area contributed by atoms with Crippen molar-refractivity contribution < 1.29 is 13.9 Å². The molecular formula is C14H20FNO2S. The number of esters is 1. The Morgan fingerprint density at radius 2 is 2.21 bits per heavy atom. The Kier molecular flexibility index (Phi) is 6.87. The fraction of sp³-hybridized carbons (Fsp3) is 0.500. The SMILES string of the molecule is COC(=O)CSc1c(F)cccc1CNCC(C)C. The molecule has 0 saturated heterocycles. The molecule has 0 heterocycles. The van der Waals surface area contributed by atoms with Crippen molar-refractivity contribution in [3.05, 3.63) is 29.6 Å². The molecule has 0 amide bonds. The maximum Gasteiger partial charge on any atom is 0.315 e. The van der Waals surface area contributed by atoms with Gasteiger partial charge in [-0.1, -0.05) is 26.0 Å². The number of ether oxygens (including phenoxy) is 1. The number of nitrogens with one attached hydrogen (secondary N) is 1. The van der Waals surface area contributed by atoms with E-state index in [0.29, 0.717) is 17.4 Å². The minimum Gasteiger partial charge on any atom is -0.468 e. The Hall–Kier alpha value is -1.07. The van der Waals surface area contributed by atoms with Gasteiger partial charge in [0.1, 0.15) is 5.82 Å². The summed E-state index contributed by atoms with van der Waals surface area (Å²) in [5.74, 6) is 0.0149. The number of hydrogen-bond acceptors (Lipinski definition) is 4. The first-order chi connectivity index (χ1) is 9.04. The fourth-order valence-electron chi connectivity index (χ4n) is 1.54. The van der Waals surface area contributed by atoms with Crippen LogP contribution in [0.2, 0.25) is 0 Å². The Balaban J connectivity index is 2.68. The van der Waals surface area contributed by atoms with Crippen LogP contribution in [0.3, 0.4) is 0 Å². The smallest absolute Gasteiger partial charge is 0.315 e. The first kappa shape index (κ1) is 16.0. The zero-order valence-electron chi connectivity index (χ0n) is 11.5. The minimum atomic E-state index is -0.352. The average molecular weight is 285 g/mol. The fourth-order valence-corrected chi connectivity index (χ4v) is 2.45. The van der Waals surface area contributed by atoms with Crippen LogP contribution in [0, 0.1) is 11.7 Å². The van der Waals surface area contributed by atoms with Gasteiger partial charge in [0.2, 0.25) is 0 Å². The number of carbonyl (C=O) groups is 1. The number of benzene rings is 1. The van der Waals surface area contributed by atoms with Crippen LogP contribution in [0.4, 0.5) is 4.39 Å². The van der Waals surface area contributed by atoms with Gasteiger partial charge in [-0.3, -0.25) is 4.79 Å². The monoisotopic (exact) mass is 285 g/mol. The number of rotatable bonds is 7. The van der Waals surface area contributed by atoms with E-state index in [-0.39, 0.29) is 17.5 Å². The van der Waals surface area contributed by atoms with Gasteiger partial charge in [0, 0.05) is 11.4 Å². The highest BCUT2D eigenvalue weighted by molar-refractivity contribution is 8.00. The second-order valence-electron chi connectivity index (χ2n) is 4.62. The van der Waals surface area contributed by atoms with E-state index in [0.717, 1.165) is 12.1 Å². The lowest BCUT2D eigenvalue weighted by molar-refractivity contribution is -0.137. The molecule has 1 aromatic carbocycles. The van der Waals surface area contributed by atoms with Crippen LogP contribution >= 0.6 is 11.8 Å². The molecule has 0 saturated carbocycles. The first-order valence-corrected chi connectivity index (χ1v) is 7.21. The van der Waals surface area contributed by atoms with Crippen LogP contribution in [0.5, 0.6) is 0 Å². The Morgan fingerprint density at radius 1 is 1.47 bits per heavy atom. The molecule has 106 valence electrons. The normalized spacial score (nSPS) is 10.8. The molecule has 0 bridgehead atoms. The summed E-state index contributed by atoms with van der Waals surface area (Å²) in [7, 11) is 1.33. The molecule has 0 unspecified atom stereocenters.